The lowest BCUT2D eigenvalue weighted by Gasteiger charge is -2.35. The Morgan fingerprint density at radius 2 is 2.00 bits per heavy atom. The van der Waals surface area contributed by atoms with Crippen LogP contribution in [-0.4, -0.2) is 47.8 Å². The van der Waals surface area contributed by atoms with Gasteiger partial charge in [0.2, 0.25) is 5.91 Å². The number of benzene rings is 2. The molecule has 1 amide bonds. The third kappa shape index (κ3) is 5.68. The minimum absolute atomic E-state index is 0.0842. The maximum absolute atomic E-state index is 13.4. The van der Waals surface area contributed by atoms with Crippen LogP contribution in [0.2, 0.25) is 5.02 Å². The first-order valence-electron chi connectivity index (χ1n) is 10.3. The lowest BCUT2D eigenvalue weighted by Crippen LogP contribution is -2.55. The molecule has 1 saturated heterocycles. The Hall–Kier alpha value is -2.90. The van der Waals surface area contributed by atoms with E-state index in [9.17, 15) is 22.4 Å². The number of aromatic nitrogens is 1. The van der Waals surface area contributed by atoms with Crippen molar-refractivity contribution in [2.45, 2.75) is 24.9 Å². The third-order valence-corrected chi connectivity index (χ3v) is 8.52. The molecule has 1 aromatic heterocycles. The van der Waals surface area contributed by atoms with Gasteiger partial charge in [-0.3, -0.25) is 9.59 Å². The first kappa shape index (κ1) is 25.2. The molecule has 0 radical (unpaired) electrons. The minimum atomic E-state index is -3.99. The second kappa shape index (κ2) is 9.99. The maximum Gasteiger partial charge on any atom is 0.307 e. The maximum atomic E-state index is 13.4. The SMILES string of the molecule is CN1C(C(=O)Nc2ccc(F)c(Cl)c2)CC(c2ncc(-c3ccc(CC(=O)O)cc3)s2)NS1(=O)=O. The number of carboxylic acids is 1. The lowest BCUT2D eigenvalue weighted by atomic mass is 10.1. The molecule has 2 heterocycles. The normalized spacial score (nSPS) is 19.9. The van der Waals surface area contributed by atoms with Crippen LogP contribution in [0.25, 0.3) is 10.4 Å². The van der Waals surface area contributed by atoms with Crippen molar-refractivity contribution in [3.8, 4) is 10.4 Å². The van der Waals surface area contributed by atoms with E-state index in [0.29, 0.717) is 10.6 Å². The summed E-state index contributed by atoms with van der Waals surface area (Å²) in [4.78, 5) is 28.9. The highest BCUT2D eigenvalue weighted by Gasteiger charge is 2.41. The summed E-state index contributed by atoms with van der Waals surface area (Å²) in [6, 6.07) is 8.88. The highest BCUT2D eigenvalue weighted by atomic mass is 35.5. The van der Waals surface area contributed by atoms with E-state index < -0.39 is 40.0 Å². The molecule has 3 N–H and O–H groups in total. The molecule has 9 nitrogen and oxygen atoms in total. The summed E-state index contributed by atoms with van der Waals surface area (Å²) in [7, 11) is -2.69. The first-order valence-corrected chi connectivity index (χ1v) is 12.9. The number of rotatable bonds is 6. The van der Waals surface area contributed by atoms with Gasteiger partial charge in [-0.15, -0.1) is 11.3 Å². The lowest BCUT2D eigenvalue weighted by molar-refractivity contribution is -0.136. The van der Waals surface area contributed by atoms with Crippen LogP contribution in [0.15, 0.2) is 48.7 Å². The molecule has 0 bridgehead atoms. The van der Waals surface area contributed by atoms with Crippen molar-refractivity contribution in [3.05, 3.63) is 70.1 Å². The molecule has 2 aromatic carbocycles. The zero-order chi connectivity index (χ0) is 25.3. The predicted molar refractivity (Wildman–Crippen MR) is 130 cm³/mol. The van der Waals surface area contributed by atoms with Crippen LogP contribution in [0.5, 0.6) is 0 Å². The van der Waals surface area contributed by atoms with Crippen molar-refractivity contribution in [1.82, 2.24) is 14.0 Å². The van der Waals surface area contributed by atoms with Crippen LogP contribution in [0.3, 0.4) is 0 Å². The van der Waals surface area contributed by atoms with Gasteiger partial charge in [0.1, 0.15) is 16.9 Å². The average molecular weight is 539 g/mol. The Labute approximate surface area is 209 Å². The summed E-state index contributed by atoms with van der Waals surface area (Å²) >= 11 is 7.04. The number of hydrogen-bond acceptors (Lipinski definition) is 6. The minimum Gasteiger partial charge on any atom is -0.481 e. The quantitative estimate of drug-likeness (QED) is 0.441. The number of anilines is 1. The van der Waals surface area contributed by atoms with Crippen molar-refractivity contribution in [2.75, 3.05) is 12.4 Å². The van der Waals surface area contributed by atoms with Crippen LogP contribution in [0.1, 0.15) is 23.0 Å². The molecular weight excluding hydrogens is 519 g/mol. The first-order chi connectivity index (χ1) is 16.5. The molecule has 35 heavy (non-hydrogen) atoms. The Kier molecular flexibility index (Phi) is 7.20. The van der Waals surface area contributed by atoms with Crippen molar-refractivity contribution in [1.29, 1.82) is 0 Å². The smallest absolute Gasteiger partial charge is 0.307 e. The van der Waals surface area contributed by atoms with E-state index in [1.807, 2.05) is 0 Å². The van der Waals surface area contributed by atoms with Gasteiger partial charge < -0.3 is 10.4 Å². The molecule has 0 spiro atoms. The number of likely N-dealkylation sites (N-methyl/N-ethyl adjacent to an activating group) is 1. The van der Waals surface area contributed by atoms with Crippen LogP contribution in [0.4, 0.5) is 10.1 Å². The van der Waals surface area contributed by atoms with Crippen molar-refractivity contribution >= 4 is 50.7 Å². The van der Waals surface area contributed by atoms with Crippen LogP contribution >= 0.6 is 22.9 Å². The Bertz CT molecular complexity index is 1380. The van der Waals surface area contributed by atoms with E-state index in [4.69, 9.17) is 16.7 Å². The summed E-state index contributed by atoms with van der Waals surface area (Å²) in [5, 5.41) is 11.8. The van der Waals surface area contributed by atoms with Crippen LogP contribution in [0, 0.1) is 5.82 Å². The van der Waals surface area contributed by atoms with E-state index in [1.165, 1.54) is 30.5 Å². The Morgan fingerprint density at radius 1 is 1.29 bits per heavy atom. The number of carbonyl (C=O) groups excluding carboxylic acids is 1. The Morgan fingerprint density at radius 3 is 2.66 bits per heavy atom. The second-order valence-corrected chi connectivity index (χ2v) is 11.1. The van der Waals surface area contributed by atoms with E-state index in [-0.39, 0.29) is 23.6 Å². The van der Waals surface area contributed by atoms with Gasteiger partial charge in [-0.2, -0.15) is 17.4 Å². The van der Waals surface area contributed by atoms with E-state index in [1.54, 1.807) is 30.5 Å². The van der Waals surface area contributed by atoms with Gasteiger partial charge in [0, 0.05) is 18.9 Å². The van der Waals surface area contributed by atoms with E-state index in [0.717, 1.165) is 20.8 Å². The van der Waals surface area contributed by atoms with Crippen LogP contribution in [-0.2, 0) is 26.2 Å². The van der Waals surface area contributed by atoms with Gasteiger partial charge in [0.25, 0.3) is 10.2 Å². The largest absolute Gasteiger partial charge is 0.481 e. The monoisotopic (exact) mass is 538 g/mol. The molecule has 13 heteroatoms. The molecule has 1 fully saturated rings. The number of hydrogen-bond donors (Lipinski definition) is 3. The highest BCUT2D eigenvalue weighted by Crippen LogP contribution is 2.34. The van der Waals surface area contributed by atoms with Crippen LogP contribution < -0.4 is 10.0 Å². The van der Waals surface area contributed by atoms with Crippen molar-refractivity contribution in [3.63, 3.8) is 0 Å². The zero-order valence-electron chi connectivity index (χ0n) is 18.2. The van der Waals surface area contributed by atoms with Gasteiger partial charge in [-0.25, -0.2) is 9.37 Å². The summed E-state index contributed by atoms with van der Waals surface area (Å²) in [5.74, 6) is -2.15. The van der Waals surface area contributed by atoms with Crippen molar-refractivity contribution < 1.29 is 27.5 Å². The molecule has 4 rings (SSSR count). The molecule has 1 aliphatic rings. The number of carbonyl (C=O) groups is 2. The molecule has 184 valence electrons. The molecule has 2 unspecified atom stereocenters. The van der Waals surface area contributed by atoms with Gasteiger partial charge in [0.15, 0.2) is 0 Å². The molecule has 1 aliphatic heterocycles. The summed E-state index contributed by atoms with van der Waals surface area (Å²) in [6.45, 7) is 0. The number of halogens is 2. The number of carboxylic acid groups (broad SMARTS) is 1. The molecule has 3 aromatic rings. The van der Waals surface area contributed by atoms with Gasteiger partial charge in [0.05, 0.1) is 22.4 Å². The number of thiazole rings is 1. The number of amides is 1. The second-order valence-electron chi connectivity index (χ2n) is 7.89. The fraction of sp³-hybridized carbons (Fsp3) is 0.227. The van der Waals surface area contributed by atoms with Crippen molar-refractivity contribution in [2.24, 2.45) is 0 Å². The van der Waals surface area contributed by atoms with E-state index >= 15 is 0 Å². The summed E-state index contributed by atoms with van der Waals surface area (Å²) in [6.07, 6.45) is 1.63. The number of nitrogens with zero attached hydrogens (tertiary/aromatic N) is 2. The summed E-state index contributed by atoms with van der Waals surface area (Å²) < 4.78 is 42.4. The average Bonchev–Trinajstić information content (AvgIpc) is 3.28. The standard InChI is InChI=1S/C22H20ClFN4O5S2/c1-28-18(21(31)26-14-6-7-16(24)15(23)9-14)10-17(27-35(28,32)33)22-25-11-19(34-22)13-4-2-12(3-5-13)8-20(29)30/h2-7,9,11,17-18,27H,8,10H2,1H3,(H,26,31)(H,29,30). The summed E-state index contributed by atoms with van der Waals surface area (Å²) in [5.41, 5.74) is 1.71. The van der Waals surface area contributed by atoms with E-state index in [2.05, 4.69) is 15.0 Å². The fourth-order valence-electron chi connectivity index (χ4n) is 3.62. The van der Waals surface area contributed by atoms with Gasteiger partial charge in [-0.05, 0) is 35.7 Å². The van der Waals surface area contributed by atoms with Gasteiger partial charge >= 0.3 is 5.97 Å². The molecule has 2 atom stereocenters. The topological polar surface area (TPSA) is 129 Å². The highest BCUT2D eigenvalue weighted by molar-refractivity contribution is 7.87. The number of aliphatic carboxylic acids is 1. The van der Waals surface area contributed by atoms with Gasteiger partial charge in [-0.1, -0.05) is 35.9 Å². The zero-order valence-corrected chi connectivity index (χ0v) is 20.6. The predicted octanol–water partition coefficient (Wildman–Crippen LogP) is 3.45. The molecule has 0 aliphatic carbocycles. The third-order valence-electron chi connectivity index (χ3n) is 5.47. The number of nitrogens with one attached hydrogen (secondary N) is 2. The molecular formula is C22H20ClFN4O5S2. The molecule has 0 saturated carbocycles. The Balaban J connectivity index is 1.53. The fourth-order valence-corrected chi connectivity index (χ4v) is 6.11.